The van der Waals surface area contributed by atoms with Gasteiger partial charge in [-0.05, 0) is 72.3 Å². The fourth-order valence-electron chi connectivity index (χ4n) is 4.32. The van der Waals surface area contributed by atoms with Gasteiger partial charge < -0.3 is 4.90 Å². The maximum Gasteiger partial charge on any atom is 0.290 e. The van der Waals surface area contributed by atoms with E-state index in [0.717, 1.165) is 54.3 Å². The maximum absolute atomic E-state index is 12.9. The van der Waals surface area contributed by atoms with Gasteiger partial charge in [0.1, 0.15) is 5.82 Å². The van der Waals surface area contributed by atoms with Crippen LogP contribution >= 0.6 is 23.4 Å². The SMILES string of the molecule is O=C1NC(=O)C(=Cc2cccc(N3CCC(CNS(=O)(=O)c4ccc5c(Cl)cccc5c4)CC3)n2)S1. The first kappa shape index (κ1) is 24.8. The van der Waals surface area contributed by atoms with Crippen molar-refractivity contribution in [1.82, 2.24) is 15.0 Å². The number of carbonyl (C=O) groups excluding carboxylic acids is 2. The van der Waals surface area contributed by atoms with Crippen molar-refractivity contribution in [2.45, 2.75) is 17.7 Å². The first-order valence-electron chi connectivity index (χ1n) is 11.4. The predicted octanol–water partition coefficient (Wildman–Crippen LogP) is 4.41. The Morgan fingerprint density at radius 1 is 1.11 bits per heavy atom. The van der Waals surface area contributed by atoms with Crippen molar-refractivity contribution < 1.29 is 18.0 Å². The fraction of sp³-hybridized carbons (Fsp3) is 0.240. The molecular formula is C25H23ClN4O4S2. The Morgan fingerprint density at radius 2 is 1.89 bits per heavy atom. The van der Waals surface area contributed by atoms with Crippen LogP contribution in [0.3, 0.4) is 0 Å². The van der Waals surface area contributed by atoms with Crippen molar-refractivity contribution in [1.29, 1.82) is 0 Å². The standard InChI is InChI=1S/C25H23ClN4O4S2/c26-21-5-1-3-17-13-19(7-8-20(17)21)36(33,34)27-15-16-9-11-30(12-10-16)23-6-2-4-18(28-23)14-22-24(31)29-25(32)35-22/h1-8,13-14,16,27H,9-12,15H2,(H,29,31,32). The average Bonchev–Trinajstić information content (AvgIpc) is 3.19. The first-order valence-corrected chi connectivity index (χ1v) is 14.1. The molecule has 0 radical (unpaired) electrons. The second kappa shape index (κ2) is 10.2. The van der Waals surface area contributed by atoms with Gasteiger partial charge >= 0.3 is 0 Å². The summed E-state index contributed by atoms with van der Waals surface area (Å²) in [6.45, 7) is 1.84. The van der Waals surface area contributed by atoms with Crippen molar-refractivity contribution in [2.24, 2.45) is 5.92 Å². The molecule has 2 aliphatic rings. The predicted molar refractivity (Wildman–Crippen MR) is 142 cm³/mol. The third-order valence-corrected chi connectivity index (χ3v) is 8.85. The summed E-state index contributed by atoms with van der Waals surface area (Å²) in [5.41, 5.74) is 0.603. The topological polar surface area (TPSA) is 108 Å². The summed E-state index contributed by atoms with van der Waals surface area (Å²) in [5.74, 6) is 0.585. The van der Waals surface area contributed by atoms with E-state index in [-0.39, 0.29) is 16.1 Å². The number of aromatic nitrogens is 1. The minimum atomic E-state index is -3.64. The van der Waals surface area contributed by atoms with Gasteiger partial charge in [0.25, 0.3) is 11.1 Å². The summed E-state index contributed by atoms with van der Waals surface area (Å²) in [6, 6.07) is 15.9. The highest BCUT2D eigenvalue weighted by Crippen LogP contribution is 2.28. The molecule has 5 rings (SSSR count). The van der Waals surface area contributed by atoms with Crippen LogP contribution in [-0.4, -0.2) is 44.2 Å². The number of anilines is 1. The van der Waals surface area contributed by atoms with Crippen molar-refractivity contribution in [3.8, 4) is 0 Å². The summed E-state index contributed by atoms with van der Waals surface area (Å²) in [6.07, 6.45) is 3.24. The van der Waals surface area contributed by atoms with Gasteiger partial charge in [-0.3, -0.25) is 14.9 Å². The quantitative estimate of drug-likeness (QED) is 0.444. The average molecular weight is 543 g/mol. The lowest BCUT2D eigenvalue weighted by Crippen LogP contribution is -2.39. The number of amides is 2. The van der Waals surface area contributed by atoms with Crippen LogP contribution in [-0.2, 0) is 14.8 Å². The Kier molecular flexibility index (Phi) is 7.03. The summed E-state index contributed by atoms with van der Waals surface area (Å²) in [4.78, 5) is 30.5. The lowest BCUT2D eigenvalue weighted by Gasteiger charge is -2.33. The number of piperidine rings is 1. The van der Waals surface area contributed by atoms with Gasteiger partial charge in [-0.15, -0.1) is 0 Å². The van der Waals surface area contributed by atoms with Crippen LogP contribution < -0.4 is 14.9 Å². The highest BCUT2D eigenvalue weighted by atomic mass is 35.5. The van der Waals surface area contributed by atoms with Crippen LogP contribution in [0.4, 0.5) is 10.6 Å². The Morgan fingerprint density at radius 3 is 2.64 bits per heavy atom. The maximum atomic E-state index is 12.9. The summed E-state index contributed by atoms with van der Waals surface area (Å²) in [7, 11) is -3.64. The molecule has 2 aliphatic heterocycles. The highest BCUT2D eigenvalue weighted by Gasteiger charge is 2.26. The number of imide groups is 1. The minimum Gasteiger partial charge on any atom is -0.357 e. The van der Waals surface area contributed by atoms with E-state index < -0.39 is 15.9 Å². The smallest absolute Gasteiger partial charge is 0.290 e. The number of carbonyl (C=O) groups is 2. The van der Waals surface area contributed by atoms with Gasteiger partial charge in [0.15, 0.2) is 0 Å². The molecule has 0 saturated carbocycles. The number of halogens is 1. The van der Waals surface area contributed by atoms with E-state index in [1.54, 1.807) is 42.5 Å². The van der Waals surface area contributed by atoms with E-state index in [9.17, 15) is 18.0 Å². The summed E-state index contributed by atoms with van der Waals surface area (Å²) in [5, 5.41) is 4.04. The molecular weight excluding hydrogens is 520 g/mol. The number of hydrogen-bond acceptors (Lipinski definition) is 7. The number of nitrogens with one attached hydrogen (secondary N) is 2. The van der Waals surface area contributed by atoms with Crippen molar-refractivity contribution in [3.05, 3.63) is 70.2 Å². The number of hydrogen-bond donors (Lipinski definition) is 2. The number of sulfonamides is 1. The van der Waals surface area contributed by atoms with Crippen LogP contribution in [0.5, 0.6) is 0 Å². The Labute approximate surface area is 218 Å². The molecule has 2 N–H and O–H groups in total. The number of fused-ring (bicyclic) bond motifs is 1. The van der Waals surface area contributed by atoms with E-state index in [1.807, 2.05) is 18.2 Å². The molecule has 0 atom stereocenters. The largest absolute Gasteiger partial charge is 0.357 e. The Bertz CT molecular complexity index is 1480. The van der Waals surface area contributed by atoms with Gasteiger partial charge in [-0.2, -0.15) is 0 Å². The van der Waals surface area contributed by atoms with Gasteiger partial charge in [0, 0.05) is 30.0 Å². The van der Waals surface area contributed by atoms with E-state index in [1.165, 1.54) is 0 Å². The number of nitrogens with zero attached hydrogens (tertiary/aromatic N) is 2. The molecule has 0 unspecified atom stereocenters. The van der Waals surface area contributed by atoms with E-state index in [4.69, 9.17) is 11.6 Å². The van der Waals surface area contributed by atoms with E-state index >= 15 is 0 Å². The molecule has 1 aromatic heterocycles. The van der Waals surface area contributed by atoms with Crippen LogP contribution in [0, 0.1) is 5.92 Å². The third kappa shape index (κ3) is 5.41. The number of pyridine rings is 1. The second-order valence-corrected chi connectivity index (χ2v) is 11.9. The van der Waals surface area contributed by atoms with Crippen molar-refractivity contribution in [2.75, 3.05) is 24.5 Å². The molecule has 11 heteroatoms. The van der Waals surface area contributed by atoms with Crippen LogP contribution in [0.15, 0.2) is 64.4 Å². The molecule has 36 heavy (non-hydrogen) atoms. The zero-order valence-corrected chi connectivity index (χ0v) is 21.5. The second-order valence-electron chi connectivity index (χ2n) is 8.68. The van der Waals surface area contributed by atoms with E-state index in [2.05, 4.69) is 19.9 Å². The molecule has 2 fully saturated rings. The van der Waals surface area contributed by atoms with Crippen LogP contribution in [0.25, 0.3) is 16.8 Å². The van der Waals surface area contributed by atoms with Gasteiger partial charge in [0.05, 0.1) is 15.5 Å². The Balaban J connectivity index is 1.19. The molecule has 0 spiro atoms. The van der Waals surface area contributed by atoms with Gasteiger partial charge in [-0.1, -0.05) is 35.9 Å². The van der Waals surface area contributed by atoms with Gasteiger partial charge in [-0.25, -0.2) is 18.1 Å². The molecule has 186 valence electrons. The molecule has 2 aromatic carbocycles. The summed E-state index contributed by atoms with van der Waals surface area (Å²) < 4.78 is 28.5. The zero-order valence-electron chi connectivity index (χ0n) is 19.1. The van der Waals surface area contributed by atoms with Gasteiger partial charge in [0.2, 0.25) is 10.0 Å². The molecule has 2 saturated heterocycles. The van der Waals surface area contributed by atoms with E-state index in [0.29, 0.717) is 22.2 Å². The zero-order chi connectivity index (χ0) is 25.3. The summed E-state index contributed by atoms with van der Waals surface area (Å²) >= 11 is 7.06. The molecule has 3 aromatic rings. The Hall–Kier alpha value is -2.92. The molecule has 0 bridgehead atoms. The lowest BCUT2D eigenvalue weighted by atomic mass is 9.97. The van der Waals surface area contributed by atoms with Crippen molar-refractivity contribution >= 4 is 67.2 Å². The molecule has 3 heterocycles. The normalized spacial score (nSPS) is 18.2. The number of thioether (sulfide) groups is 1. The number of rotatable bonds is 6. The van der Waals surface area contributed by atoms with Crippen LogP contribution in [0.1, 0.15) is 18.5 Å². The fourth-order valence-corrected chi connectivity index (χ4v) is 6.38. The first-order chi connectivity index (χ1) is 17.3. The van der Waals surface area contributed by atoms with Crippen molar-refractivity contribution in [3.63, 3.8) is 0 Å². The highest BCUT2D eigenvalue weighted by molar-refractivity contribution is 8.18. The minimum absolute atomic E-state index is 0.209. The van der Waals surface area contributed by atoms with Crippen LogP contribution in [0.2, 0.25) is 5.02 Å². The third-order valence-electron chi connectivity index (χ3n) is 6.29. The monoisotopic (exact) mass is 542 g/mol. The number of benzene rings is 2. The molecule has 8 nitrogen and oxygen atoms in total. The lowest BCUT2D eigenvalue weighted by molar-refractivity contribution is -0.115. The molecule has 0 aliphatic carbocycles. The molecule has 2 amide bonds.